The van der Waals surface area contributed by atoms with Gasteiger partial charge in [-0.1, -0.05) is 20.3 Å². The maximum absolute atomic E-state index is 12.8. The van der Waals surface area contributed by atoms with Crippen molar-refractivity contribution in [2.75, 3.05) is 26.2 Å². The van der Waals surface area contributed by atoms with Gasteiger partial charge in [-0.05, 0) is 37.5 Å². The molecule has 2 bridgehead atoms. The molecule has 2 amide bonds. The molecule has 0 N–H and O–H groups in total. The van der Waals surface area contributed by atoms with Crippen LogP contribution in [-0.4, -0.2) is 47.8 Å². The molecule has 3 aliphatic rings. The summed E-state index contributed by atoms with van der Waals surface area (Å²) in [6, 6.07) is 0. The van der Waals surface area contributed by atoms with E-state index in [1.807, 2.05) is 23.6 Å². The van der Waals surface area contributed by atoms with Gasteiger partial charge in [-0.3, -0.25) is 9.59 Å². The van der Waals surface area contributed by atoms with Gasteiger partial charge in [0.1, 0.15) is 0 Å². The number of fused-ring (bicyclic) bond motifs is 2. The predicted molar refractivity (Wildman–Crippen MR) is 81.6 cm³/mol. The molecule has 0 aromatic heterocycles. The van der Waals surface area contributed by atoms with Crippen molar-refractivity contribution in [1.29, 1.82) is 0 Å². The minimum absolute atomic E-state index is 0.0535. The van der Waals surface area contributed by atoms with Gasteiger partial charge in [-0.25, -0.2) is 0 Å². The average Bonchev–Trinajstić information content (AvgIpc) is 3.01. The van der Waals surface area contributed by atoms with Crippen molar-refractivity contribution in [3.05, 3.63) is 0 Å². The van der Waals surface area contributed by atoms with Gasteiger partial charge in [0.2, 0.25) is 11.8 Å². The minimum Gasteiger partial charge on any atom is -0.341 e. The Morgan fingerprint density at radius 1 is 0.952 bits per heavy atom. The highest BCUT2D eigenvalue weighted by Gasteiger charge is 2.44. The number of nitrogens with zero attached hydrogens (tertiary/aromatic N) is 2. The van der Waals surface area contributed by atoms with Crippen LogP contribution in [0.5, 0.6) is 0 Å². The first-order chi connectivity index (χ1) is 10.1. The standard InChI is InChI=1S/C17H28N2O2/c1-12(2)16(20)18-6-3-7-19(9-8-18)17(21)15-11-13-4-5-14(15)10-13/h12-15H,3-11H2,1-2H3/t13-,14-,15+/m0/s1. The van der Waals surface area contributed by atoms with Gasteiger partial charge in [0.25, 0.3) is 0 Å². The van der Waals surface area contributed by atoms with Crippen molar-refractivity contribution in [2.45, 2.75) is 46.0 Å². The summed E-state index contributed by atoms with van der Waals surface area (Å²) < 4.78 is 0. The number of rotatable bonds is 2. The van der Waals surface area contributed by atoms with E-state index in [0.717, 1.165) is 38.4 Å². The Bertz CT molecular complexity index is 421. The van der Waals surface area contributed by atoms with Crippen molar-refractivity contribution < 1.29 is 9.59 Å². The molecule has 1 heterocycles. The molecule has 1 saturated heterocycles. The van der Waals surface area contributed by atoms with Crippen molar-refractivity contribution >= 4 is 11.8 Å². The maximum Gasteiger partial charge on any atom is 0.226 e. The van der Waals surface area contributed by atoms with Crippen LogP contribution >= 0.6 is 0 Å². The Kier molecular flexibility index (Phi) is 4.23. The Hall–Kier alpha value is -1.06. The minimum atomic E-state index is 0.0535. The fourth-order valence-corrected chi connectivity index (χ4v) is 4.51. The summed E-state index contributed by atoms with van der Waals surface area (Å²) in [5.74, 6) is 2.41. The predicted octanol–water partition coefficient (Wildman–Crippen LogP) is 2.14. The van der Waals surface area contributed by atoms with Crippen LogP contribution in [0.4, 0.5) is 0 Å². The smallest absolute Gasteiger partial charge is 0.226 e. The van der Waals surface area contributed by atoms with Gasteiger partial charge in [0, 0.05) is 38.0 Å². The molecule has 0 radical (unpaired) electrons. The molecule has 21 heavy (non-hydrogen) atoms. The molecule has 0 spiro atoms. The number of carbonyl (C=O) groups excluding carboxylic acids is 2. The van der Waals surface area contributed by atoms with Crippen LogP contribution in [-0.2, 0) is 9.59 Å². The van der Waals surface area contributed by atoms with Gasteiger partial charge >= 0.3 is 0 Å². The van der Waals surface area contributed by atoms with Crippen LogP contribution in [0.2, 0.25) is 0 Å². The number of hydrogen-bond acceptors (Lipinski definition) is 2. The Morgan fingerprint density at radius 2 is 1.67 bits per heavy atom. The van der Waals surface area contributed by atoms with Crippen LogP contribution in [0, 0.1) is 23.7 Å². The van der Waals surface area contributed by atoms with E-state index >= 15 is 0 Å². The molecule has 3 atom stereocenters. The summed E-state index contributed by atoms with van der Waals surface area (Å²) in [5, 5.41) is 0. The number of hydrogen-bond donors (Lipinski definition) is 0. The third-order valence-corrected chi connectivity index (χ3v) is 5.67. The average molecular weight is 292 g/mol. The summed E-state index contributed by atoms with van der Waals surface area (Å²) in [7, 11) is 0. The van der Waals surface area contributed by atoms with E-state index in [1.54, 1.807) is 0 Å². The van der Waals surface area contributed by atoms with E-state index in [0.29, 0.717) is 18.4 Å². The summed E-state index contributed by atoms with van der Waals surface area (Å²) in [5.41, 5.74) is 0. The zero-order chi connectivity index (χ0) is 15.0. The van der Waals surface area contributed by atoms with Gasteiger partial charge in [0.15, 0.2) is 0 Å². The molecule has 1 aliphatic heterocycles. The molecular weight excluding hydrogens is 264 g/mol. The molecule has 0 aromatic rings. The van der Waals surface area contributed by atoms with Gasteiger partial charge in [-0.15, -0.1) is 0 Å². The molecule has 0 aromatic carbocycles. The van der Waals surface area contributed by atoms with E-state index in [4.69, 9.17) is 0 Å². The Balaban J connectivity index is 1.57. The SMILES string of the molecule is CC(C)C(=O)N1CCCN(C(=O)[C@@H]2C[C@H]3CC[C@H]2C3)CC1. The van der Waals surface area contributed by atoms with Gasteiger partial charge in [0.05, 0.1) is 0 Å². The molecule has 3 fully saturated rings. The van der Waals surface area contributed by atoms with E-state index in [2.05, 4.69) is 0 Å². The first kappa shape index (κ1) is 14.9. The second-order valence-corrected chi connectivity index (χ2v) is 7.44. The third-order valence-electron chi connectivity index (χ3n) is 5.67. The van der Waals surface area contributed by atoms with Crippen molar-refractivity contribution in [2.24, 2.45) is 23.7 Å². The Morgan fingerprint density at radius 3 is 2.29 bits per heavy atom. The van der Waals surface area contributed by atoms with E-state index in [9.17, 15) is 9.59 Å². The second kappa shape index (κ2) is 5.98. The molecule has 2 saturated carbocycles. The molecule has 118 valence electrons. The van der Waals surface area contributed by atoms with Crippen molar-refractivity contribution in [3.63, 3.8) is 0 Å². The van der Waals surface area contributed by atoms with Crippen LogP contribution in [0.15, 0.2) is 0 Å². The van der Waals surface area contributed by atoms with Crippen LogP contribution in [0.1, 0.15) is 46.0 Å². The zero-order valence-corrected chi connectivity index (χ0v) is 13.4. The maximum atomic E-state index is 12.8. The fourth-order valence-electron chi connectivity index (χ4n) is 4.51. The summed E-state index contributed by atoms with van der Waals surface area (Å²) in [4.78, 5) is 28.9. The lowest BCUT2D eigenvalue weighted by molar-refractivity contribution is -0.138. The fraction of sp³-hybridized carbons (Fsp3) is 0.882. The van der Waals surface area contributed by atoms with Crippen molar-refractivity contribution in [1.82, 2.24) is 9.80 Å². The van der Waals surface area contributed by atoms with E-state index < -0.39 is 0 Å². The van der Waals surface area contributed by atoms with E-state index in [-0.39, 0.29) is 17.7 Å². The monoisotopic (exact) mass is 292 g/mol. The largest absolute Gasteiger partial charge is 0.341 e. The summed E-state index contributed by atoms with van der Waals surface area (Å²) in [6.45, 7) is 6.97. The molecule has 2 aliphatic carbocycles. The molecule has 3 rings (SSSR count). The van der Waals surface area contributed by atoms with Crippen LogP contribution < -0.4 is 0 Å². The lowest BCUT2D eigenvalue weighted by Crippen LogP contribution is -2.41. The topological polar surface area (TPSA) is 40.6 Å². The van der Waals surface area contributed by atoms with Gasteiger partial charge < -0.3 is 9.80 Å². The first-order valence-corrected chi connectivity index (χ1v) is 8.64. The lowest BCUT2D eigenvalue weighted by atomic mass is 9.87. The third kappa shape index (κ3) is 2.95. The molecular formula is C17H28N2O2. The highest BCUT2D eigenvalue weighted by atomic mass is 16.2. The Labute approximate surface area is 127 Å². The molecule has 0 unspecified atom stereocenters. The molecule has 4 nitrogen and oxygen atoms in total. The number of amides is 2. The second-order valence-electron chi connectivity index (χ2n) is 7.44. The highest BCUT2D eigenvalue weighted by Crippen LogP contribution is 2.48. The van der Waals surface area contributed by atoms with Crippen LogP contribution in [0.3, 0.4) is 0 Å². The molecule has 4 heteroatoms. The lowest BCUT2D eigenvalue weighted by Gasteiger charge is -2.28. The quantitative estimate of drug-likeness (QED) is 0.782. The summed E-state index contributed by atoms with van der Waals surface area (Å²) in [6.07, 6.45) is 5.92. The van der Waals surface area contributed by atoms with Gasteiger partial charge in [-0.2, -0.15) is 0 Å². The van der Waals surface area contributed by atoms with Crippen LogP contribution in [0.25, 0.3) is 0 Å². The first-order valence-electron chi connectivity index (χ1n) is 8.64. The van der Waals surface area contributed by atoms with Crippen molar-refractivity contribution in [3.8, 4) is 0 Å². The summed E-state index contributed by atoms with van der Waals surface area (Å²) >= 11 is 0. The number of carbonyl (C=O) groups is 2. The zero-order valence-electron chi connectivity index (χ0n) is 13.4. The normalized spacial score (nSPS) is 32.6. The van der Waals surface area contributed by atoms with E-state index in [1.165, 1.54) is 19.3 Å². The highest BCUT2D eigenvalue weighted by molar-refractivity contribution is 5.80.